The van der Waals surface area contributed by atoms with Gasteiger partial charge in [-0.3, -0.25) is 0 Å². The maximum atomic E-state index is 12.3. The van der Waals surface area contributed by atoms with Gasteiger partial charge in [-0.2, -0.15) is 43.9 Å². The Bertz CT molecular complexity index is 1010. The summed E-state index contributed by atoms with van der Waals surface area (Å²) in [7, 11) is -13.1. The number of hydrogen-bond acceptors (Lipinski definition) is 7. The molecule has 0 amide bonds. The number of aliphatic hydroxyl groups is 1. The molecule has 0 spiro atoms. The summed E-state index contributed by atoms with van der Waals surface area (Å²) >= 11 is 0. The average molecular weight is 667 g/mol. The largest absolute Gasteiger partial charge is 0.467 e. The number of quaternary nitrogens is 1. The van der Waals surface area contributed by atoms with Crippen LogP contribution in [0.1, 0.15) is 46.5 Å². The van der Waals surface area contributed by atoms with Gasteiger partial charge in [0.1, 0.15) is 19.3 Å². The van der Waals surface area contributed by atoms with E-state index >= 15 is 0 Å². The molecule has 0 aromatic rings. The van der Waals surface area contributed by atoms with Gasteiger partial charge in [0.25, 0.3) is 0 Å². The molecule has 1 atom stereocenters. The van der Waals surface area contributed by atoms with Crippen molar-refractivity contribution in [2.24, 2.45) is 0 Å². The van der Waals surface area contributed by atoms with Crippen LogP contribution < -0.4 is 0 Å². The fourth-order valence-electron chi connectivity index (χ4n) is 2.75. The molecular formula is C20H32F10N2O7S2. The fourth-order valence-corrected chi connectivity index (χ4v) is 5.11. The van der Waals surface area contributed by atoms with Gasteiger partial charge in [0.05, 0.1) is 20.1 Å². The summed E-state index contributed by atoms with van der Waals surface area (Å²) in [6.45, 7) is 12.3. The summed E-state index contributed by atoms with van der Waals surface area (Å²) in [6.07, 6.45) is -10.0. The zero-order valence-corrected chi connectivity index (χ0v) is 24.0. The quantitative estimate of drug-likeness (QED) is 0.115. The number of ether oxygens (including phenoxy) is 1. The number of nitrogens with zero attached hydrogens (tertiary/aromatic N) is 2. The van der Waals surface area contributed by atoms with Crippen LogP contribution in [-0.4, -0.2) is 94.6 Å². The van der Waals surface area contributed by atoms with Gasteiger partial charge in [0.15, 0.2) is 20.0 Å². The minimum atomic E-state index is -7.62. The molecule has 41 heavy (non-hydrogen) atoms. The zero-order valence-electron chi connectivity index (χ0n) is 22.3. The predicted molar refractivity (Wildman–Crippen MR) is 126 cm³/mol. The third-order valence-corrected chi connectivity index (χ3v) is 8.34. The van der Waals surface area contributed by atoms with Crippen LogP contribution in [0.15, 0.2) is 12.2 Å². The van der Waals surface area contributed by atoms with Crippen molar-refractivity contribution in [3.05, 3.63) is 16.3 Å². The lowest BCUT2D eigenvalue weighted by Crippen LogP contribution is -2.51. The smallest absolute Gasteiger partial charge is 0.459 e. The molecule has 1 unspecified atom stereocenters. The molecule has 0 aliphatic carbocycles. The van der Waals surface area contributed by atoms with Crippen LogP contribution in [-0.2, 0) is 29.6 Å². The van der Waals surface area contributed by atoms with Crippen molar-refractivity contribution in [1.82, 2.24) is 0 Å². The maximum Gasteiger partial charge on any atom is 0.467 e. The summed E-state index contributed by atoms with van der Waals surface area (Å²) < 4.78 is 167. The van der Waals surface area contributed by atoms with Gasteiger partial charge in [-0.05, 0) is 19.8 Å². The monoisotopic (exact) mass is 666 g/mol. The van der Waals surface area contributed by atoms with Crippen LogP contribution in [0.5, 0.6) is 0 Å². The van der Waals surface area contributed by atoms with E-state index in [9.17, 15) is 70.6 Å². The second-order valence-electron chi connectivity index (χ2n) is 9.04. The second-order valence-corrected chi connectivity index (χ2v) is 12.6. The van der Waals surface area contributed by atoms with E-state index in [1.165, 1.54) is 0 Å². The van der Waals surface area contributed by atoms with E-state index in [0.717, 1.165) is 43.3 Å². The van der Waals surface area contributed by atoms with Crippen LogP contribution in [0.25, 0.3) is 4.13 Å². The van der Waals surface area contributed by atoms with Gasteiger partial charge in [0, 0.05) is 5.57 Å². The zero-order chi connectivity index (χ0) is 33.3. The first-order chi connectivity index (χ1) is 18.0. The third-order valence-electron chi connectivity index (χ3n) is 5.01. The first kappa shape index (κ1) is 41.4. The van der Waals surface area contributed by atoms with Crippen molar-refractivity contribution >= 4 is 26.0 Å². The number of halogens is 10. The highest BCUT2D eigenvalue weighted by molar-refractivity contribution is 8.13. The van der Waals surface area contributed by atoms with Gasteiger partial charge >= 0.3 is 28.8 Å². The molecule has 0 radical (unpaired) electrons. The molecule has 9 nitrogen and oxygen atoms in total. The van der Waals surface area contributed by atoms with Crippen LogP contribution in [0.3, 0.4) is 0 Å². The molecule has 0 saturated carbocycles. The number of sulfonamides is 2. The third kappa shape index (κ3) is 12.2. The lowest BCUT2D eigenvalue weighted by molar-refractivity contribution is -0.913. The van der Waals surface area contributed by atoms with Crippen LogP contribution >= 0.6 is 0 Å². The molecule has 0 bridgehead atoms. The minimum Gasteiger partial charge on any atom is -0.459 e. The molecule has 21 heteroatoms. The van der Waals surface area contributed by atoms with Crippen molar-refractivity contribution in [3.63, 3.8) is 0 Å². The van der Waals surface area contributed by atoms with E-state index < -0.39 is 55.0 Å². The van der Waals surface area contributed by atoms with E-state index in [4.69, 9.17) is 4.74 Å². The number of hydrogen-bond donors (Lipinski definition) is 1. The Morgan fingerprint density at radius 1 is 0.854 bits per heavy atom. The number of aliphatic hydroxyl groups excluding tert-OH is 1. The average Bonchev–Trinajstić information content (AvgIpc) is 2.78. The summed E-state index contributed by atoms with van der Waals surface area (Å²) in [5.74, 6) is -0.430. The predicted octanol–water partition coefficient (Wildman–Crippen LogP) is 4.84. The first-order valence-corrected chi connectivity index (χ1v) is 14.4. The van der Waals surface area contributed by atoms with Gasteiger partial charge in [0.2, 0.25) is 0 Å². The lowest BCUT2D eigenvalue weighted by atomic mass is 10.2. The van der Waals surface area contributed by atoms with Gasteiger partial charge in [-0.25, -0.2) is 21.6 Å². The van der Waals surface area contributed by atoms with Crippen molar-refractivity contribution in [2.75, 3.05) is 33.3 Å². The molecule has 0 heterocycles. The second kappa shape index (κ2) is 15.1. The van der Waals surface area contributed by atoms with Gasteiger partial charge < -0.3 is 18.5 Å². The number of carbonyl (C=O) groups excluding carboxylic acids is 1. The van der Waals surface area contributed by atoms with Crippen LogP contribution in [0.2, 0.25) is 0 Å². The van der Waals surface area contributed by atoms with Crippen LogP contribution in [0, 0.1) is 0 Å². The Morgan fingerprint density at radius 2 is 1.20 bits per heavy atom. The normalized spacial score (nSPS) is 14.6. The summed E-state index contributed by atoms with van der Waals surface area (Å²) in [5, 5.41) is -3.89. The minimum absolute atomic E-state index is 0.0534. The highest BCUT2D eigenvalue weighted by atomic mass is 32.3. The Balaban J connectivity index is 0. The Hall–Kier alpha value is -1.71. The number of alkyl halides is 10. The van der Waals surface area contributed by atoms with Crippen molar-refractivity contribution in [2.45, 2.75) is 75.4 Å². The van der Waals surface area contributed by atoms with Gasteiger partial charge in [-0.15, -0.1) is 0 Å². The molecule has 0 aromatic carbocycles. The molecule has 1 N–H and O–H groups in total. The number of rotatable bonds is 15. The molecule has 0 aliphatic rings. The maximum absolute atomic E-state index is 12.3. The number of carbonyl (C=O) groups is 1. The standard InChI is InChI=1S/C16H32NO3.C4F10NO4S2/c1-6-8-10-17(5,11-9-7-2)12-15(18)13-20-16(19)14(3)4;5-1(6,7)3(11,12)20(16,17)15-21(18,19)4(13,14)2(8,9)10/h15,18H,3,6-13H2,1-2,4-5H3;/q+1;-1. The molecule has 0 aromatic heterocycles. The van der Waals surface area contributed by atoms with Crippen molar-refractivity contribution < 1.29 is 79.9 Å². The van der Waals surface area contributed by atoms with E-state index in [1.807, 2.05) is 0 Å². The van der Waals surface area contributed by atoms with Gasteiger partial charge in [-0.1, -0.05) is 33.3 Å². The lowest BCUT2D eigenvalue weighted by Gasteiger charge is -2.36. The van der Waals surface area contributed by atoms with E-state index in [2.05, 4.69) is 27.5 Å². The highest BCUT2D eigenvalue weighted by Gasteiger charge is 2.68. The first-order valence-electron chi connectivity index (χ1n) is 11.5. The molecule has 0 saturated heterocycles. The van der Waals surface area contributed by atoms with E-state index in [-0.39, 0.29) is 6.61 Å². The topological polar surface area (TPSA) is 129 Å². The Kier molecular flexibility index (Phi) is 15.3. The summed E-state index contributed by atoms with van der Waals surface area (Å²) in [5.41, 5.74) is 0.367. The van der Waals surface area contributed by atoms with E-state index in [1.54, 1.807) is 6.92 Å². The number of esters is 1. The van der Waals surface area contributed by atoms with Crippen LogP contribution in [0.4, 0.5) is 43.9 Å². The van der Waals surface area contributed by atoms with E-state index in [0.29, 0.717) is 16.2 Å². The number of likely N-dealkylation sites (N-methyl/N-ethyl adjacent to an activating group) is 1. The SMILES string of the molecule is C=C(C)C(=O)OCC(O)C[N+](C)(CCCC)CCCC.O=S(=O)([N-]S(=O)(=O)C(F)(F)C(F)(F)F)C(F)(F)C(F)(F)F. The molecule has 0 rings (SSSR count). The van der Waals surface area contributed by atoms with Crippen molar-refractivity contribution in [3.8, 4) is 0 Å². The molecule has 0 fully saturated rings. The molecular weight excluding hydrogens is 634 g/mol. The van der Waals surface area contributed by atoms with Crippen molar-refractivity contribution in [1.29, 1.82) is 0 Å². The molecule has 246 valence electrons. The fraction of sp³-hybridized carbons (Fsp3) is 0.850. The summed E-state index contributed by atoms with van der Waals surface area (Å²) in [4.78, 5) is 11.3. The summed E-state index contributed by atoms with van der Waals surface area (Å²) in [6, 6.07) is 0. The Morgan fingerprint density at radius 3 is 1.46 bits per heavy atom. The molecule has 0 aliphatic heterocycles. The highest BCUT2D eigenvalue weighted by Crippen LogP contribution is 2.47. The Labute approximate surface area is 231 Å². The number of unbranched alkanes of at least 4 members (excludes halogenated alkanes) is 2.